The Labute approximate surface area is 218 Å². The predicted molar refractivity (Wildman–Crippen MR) is 137 cm³/mol. The Bertz CT molecular complexity index is 1610. The van der Waals surface area contributed by atoms with Gasteiger partial charge in [-0.2, -0.15) is 13.5 Å². The average molecular weight is 542 g/mol. The molecule has 13 nitrogen and oxygen atoms in total. The number of carbonyl (C=O) groups excluding carboxylic acids is 2. The van der Waals surface area contributed by atoms with Gasteiger partial charge in [0, 0.05) is 36.4 Å². The molecule has 2 N–H and O–H groups in total. The van der Waals surface area contributed by atoms with Crippen LogP contribution >= 0.6 is 0 Å². The van der Waals surface area contributed by atoms with Gasteiger partial charge in [0.15, 0.2) is 5.69 Å². The van der Waals surface area contributed by atoms with E-state index in [1.54, 1.807) is 59.9 Å². The van der Waals surface area contributed by atoms with Gasteiger partial charge in [-0.3, -0.25) is 14.8 Å². The Balaban J connectivity index is 1.55. The molecule has 0 bridgehead atoms. The summed E-state index contributed by atoms with van der Waals surface area (Å²) in [5, 5.41) is 8.84. The van der Waals surface area contributed by atoms with Crippen molar-refractivity contribution in [2.45, 2.75) is 45.2 Å². The van der Waals surface area contributed by atoms with E-state index < -0.39 is 27.6 Å². The summed E-state index contributed by atoms with van der Waals surface area (Å²) < 4.78 is 39.8. The fraction of sp³-hybridized carbons (Fsp3) is 0.292. The summed E-state index contributed by atoms with van der Waals surface area (Å²) in [4.78, 5) is 33.3. The highest BCUT2D eigenvalue weighted by Gasteiger charge is 2.29. The number of aryl methyl sites for hydroxylation is 3. The zero-order valence-corrected chi connectivity index (χ0v) is 22.5. The highest BCUT2D eigenvalue weighted by molar-refractivity contribution is 7.90. The first-order valence-electron chi connectivity index (χ1n) is 11.4. The summed E-state index contributed by atoms with van der Waals surface area (Å²) in [5.74, 6) is -0.421. The standard InChI is InChI=1S/C24H27N7O6S/c1-14-7-8-15(2)31(14)38(34,35)22-17(12-30(6)29-22)26-20(32)18-13-36-21(27-18)16-9-10-25-19(11-16)28-23(33)37-24(3,4)5/h7-13H,1-6H3,(H,26,32)(H,25,28,33). The van der Waals surface area contributed by atoms with Crippen molar-refractivity contribution >= 4 is 33.5 Å². The maximum Gasteiger partial charge on any atom is 0.413 e. The molecule has 0 spiro atoms. The van der Waals surface area contributed by atoms with Crippen molar-refractivity contribution in [3.8, 4) is 11.5 Å². The topological polar surface area (TPSA) is 163 Å². The third-order valence-corrected chi connectivity index (χ3v) is 6.95. The van der Waals surface area contributed by atoms with Gasteiger partial charge in [-0.15, -0.1) is 0 Å². The average Bonchev–Trinajstić information content (AvgIpc) is 3.52. The second kappa shape index (κ2) is 9.78. The van der Waals surface area contributed by atoms with Gasteiger partial charge in [-0.25, -0.2) is 18.7 Å². The molecule has 4 aromatic heterocycles. The summed E-state index contributed by atoms with van der Waals surface area (Å²) in [5.41, 5.74) is 0.656. The molecule has 4 rings (SSSR count). The largest absolute Gasteiger partial charge is 0.444 e. The molecule has 0 aliphatic rings. The molecule has 0 saturated heterocycles. The number of rotatable bonds is 6. The molecule has 200 valence electrons. The van der Waals surface area contributed by atoms with E-state index in [1.807, 2.05) is 0 Å². The molecule has 2 amide bonds. The van der Waals surface area contributed by atoms with E-state index in [4.69, 9.17) is 9.15 Å². The van der Waals surface area contributed by atoms with Gasteiger partial charge < -0.3 is 14.5 Å². The monoisotopic (exact) mass is 541 g/mol. The number of nitrogens with zero attached hydrogens (tertiary/aromatic N) is 5. The van der Waals surface area contributed by atoms with Crippen LogP contribution in [0.4, 0.5) is 16.3 Å². The van der Waals surface area contributed by atoms with Crippen LogP contribution in [0, 0.1) is 13.8 Å². The number of hydrogen-bond acceptors (Lipinski definition) is 9. The number of oxazole rings is 1. The van der Waals surface area contributed by atoms with Gasteiger partial charge in [0.25, 0.3) is 15.9 Å². The van der Waals surface area contributed by atoms with Gasteiger partial charge >= 0.3 is 6.09 Å². The lowest BCUT2D eigenvalue weighted by Crippen LogP contribution is -2.27. The maximum absolute atomic E-state index is 13.3. The molecule has 14 heteroatoms. The second-order valence-corrected chi connectivity index (χ2v) is 11.2. The van der Waals surface area contributed by atoms with Crippen LogP contribution < -0.4 is 10.6 Å². The SMILES string of the molecule is Cc1ccc(C)n1S(=O)(=O)c1nn(C)cc1NC(=O)c1coc(-c2ccnc(NC(=O)OC(C)(C)C)c2)n1. The number of ether oxygens (including phenoxy) is 1. The van der Waals surface area contributed by atoms with Crippen LogP contribution in [0.25, 0.3) is 11.5 Å². The molecule has 0 aromatic carbocycles. The van der Waals surface area contributed by atoms with Crippen molar-refractivity contribution in [3.05, 3.63) is 60.0 Å². The van der Waals surface area contributed by atoms with E-state index in [2.05, 4.69) is 25.7 Å². The Kier molecular flexibility index (Phi) is 6.84. The van der Waals surface area contributed by atoms with Crippen LogP contribution in [-0.2, 0) is 21.8 Å². The minimum atomic E-state index is -4.08. The molecule has 0 saturated carbocycles. The van der Waals surface area contributed by atoms with Gasteiger partial charge in [-0.1, -0.05) is 0 Å². The normalized spacial score (nSPS) is 11.8. The molecular weight excluding hydrogens is 514 g/mol. The number of pyridine rings is 1. The highest BCUT2D eigenvalue weighted by atomic mass is 32.2. The van der Waals surface area contributed by atoms with Gasteiger partial charge in [0.1, 0.15) is 23.4 Å². The summed E-state index contributed by atoms with van der Waals surface area (Å²) in [6.45, 7) is 8.54. The summed E-state index contributed by atoms with van der Waals surface area (Å²) in [7, 11) is -2.54. The van der Waals surface area contributed by atoms with Crippen molar-refractivity contribution in [2.75, 3.05) is 10.6 Å². The highest BCUT2D eigenvalue weighted by Crippen LogP contribution is 2.26. The van der Waals surface area contributed by atoms with E-state index >= 15 is 0 Å². The summed E-state index contributed by atoms with van der Waals surface area (Å²) in [6, 6.07) is 6.45. The number of aromatic nitrogens is 5. The van der Waals surface area contributed by atoms with Gasteiger partial charge in [0.05, 0.1) is 0 Å². The number of hydrogen-bond donors (Lipinski definition) is 2. The van der Waals surface area contributed by atoms with Gasteiger partial charge in [0.2, 0.25) is 10.9 Å². The Hall–Kier alpha value is -4.46. The molecule has 0 aliphatic carbocycles. The predicted octanol–water partition coefficient (Wildman–Crippen LogP) is 3.72. The van der Waals surface area contributed by atoms with Crippen LogP contribution in [0.5, 0.6) is 0 Å². The zero-order valence-electron chi connectivity index (χ0n) is 21.6. The van der Waals surface area contributed by atoms with E-state index in [9.17, 15) is 18.0 Å². The number of anilines is 2. The number of amides is 2. The summed E-state index contributed by atoms with van der Waals surface area (Å²) in [6.07, 6.45) is 3.28. The minimum Gasteiger partial charge on any atom is -0.444 e. The Morgan fingerprint density at radius 3 is 2.42 bits per heavy atom. The first-order valence-corrected chi connectivity index (χ1v) is 12.9. The van der Waals surface area contributed by atoms with Crippen LogP contribution in [0.1, 0.15) is 42.6 Å². The molecule has 0 radical (unpaired) electrons. The lowest BCUT2D eigenvalue weighted by atomic mass is 10.2. The second-order valence-electron chi connectivity index (χ2n) is 9.46. The molecule has 0 unspecified atom stereocenters. The molecule has 4 aromatic rings. The first kappa shape index (κ1) is 26.6. The van der Waals surface area contributed by atoms with E-state index in [0.29, 0.717) is 17.0 Å². The van der Waals surface area contributed by atoms with Crippen molar-refractivity contribution in [1.82, 2.24) is 23.7 Å². The van der Waals surface area contributed by atoms with Crippen molar-refractivity contribution in [3.63, 3.8) is 0 Å². The van der Waals surface area contributed by atoms with Crippen molar-refractivity contribution in [2.24, 2.45) is 7.05 Å². The Morgan fingerprint density at radius 2 is 1.76 bits per heavy atom. The Morgan fingerprint density at radius 1 is 1.08 bits per heavy atom. The molecule has 0 aliphatic heterocycles. The molecule has 4 heterocycles. The fourth-order valence-electron chi connectivity index (χ4n) is 3.60. The molecular formula is C24H27N7O6S. The fourth-order valence-corrected chi connectivity index (χ4v) is 5.27. The van der Waals surface area contributed by atoms with Crippen LogP contribution in [-0.4, -0.2) is 49.7 Å². The molecule has 38 heavy (non-hydrogen) atoms. The van der Waals surface area contributed by atoms with Crippen LogP contribution in [0.15, 0.2) is 52.4 Å². The number of nitrogens with one attached hydrogen (secondary N) is 2. The smallest absolute Gasteiger partial charge is 0.413 e. The van der Waals surface area contributed by atoms with Crippen molar-refractivity contribution < 1.29 is 27.2 Å². The van der Waals surface area contributed by atoms with Crippen LogP contribution in [0.2, 0.25) is 0 Å². The quantitative estimate of drug-likeness (QED) is 0.370. The maximum atomic E-state index is 13.3. The molecule has 0 atom stereocenters. The lowest BCUT2D eigenvalue weighted by Gasteiger charge is -2.19. The third-order valence-electron chi connectivity index (χ3n) is 5.11. The number of carbonyl (C=O) groups is 2. The van der Waals surface area contributed by atoms with E-state index in [0.717, 1.165) is 10.2 Å². The van der Waals surface area contributed by atoms with Gasteiger partial charge in [-0.05, 0) is 58.9 Å². The van der Waals surface area contributed by atoms with E-state index in [-0.39, 0.29) is 28.1 Å². The first-order chi connectivity index (χ1) is 17.7. The van der Waals surface area contributed by atoms with E-state index in [1.165, 1.54) is 23.1 Å². The zero-order chi connectivity index (χ0) is 27.8. The van der Waals surface area contributed by atoms with Crippen molar-refractivity contribution in [1.29, 1.82) is 0 Å². The summed E-state index contributed by atoms with van der Waals surface area (Å²) >= 11 is 0. The third kappa shape index (κ3) is 5.59. The van der Waals surface area contributed by atoms with Crippen LogP contribution in [0.3, 0.4) is 0 Å². The molecule has 0 fully saturated rings. The lowest BCUT2D eigenvalue weighted by molar-refractivity contribution is 0.0635. The minimum absolute atomic E-state index is 0.0118.